The number of carbonyl (C=O) groups excluding carboxylic acids is 2. The second-order valence-corrected chi connectivity index (χ2v) is 7.51. The first-order valence-corrected chi connectivity index (χ1v) is 10.0. The van der Waals surface area contributed by atoms with Gasteiger partial charge in [-0.15, -0.1) is 11.8 Å². The number of methoxy groups -OCH3 is 2. The zero-order valence-electron chi connectivity index (χ0n) is 15.4. The van der Waals surface area contributed by atoms with E-state index in [1.54, 1.807) is 38.5 Å². The Bertz CT molecular complexity index is 849. The Balaban J connectivity index is 1.74. The van der Waals surface area contributed by atoms with E-state index in [4.69, 9.17) is 32.7 Å². The van der Waals surface area contributed by atoms with E-state index in [2.05, 4.69) is 10.9 Å². The first kappa shape index (κ1) is 22.2. The predicted octanol–water partition coefficient (Wildman–Crippen LogP) is 3.88. The Morgan fingerprint density at radius 2 is 1.68 bits per heavy atom. The zero-order valence-corrected chi connectivity index (χ0v) is 17.7. The third kappa shape index (κ3) is 6.82. The van der Waals surface area contributed by atoms with E-state index in [0.717, 1.165) is 5.56 Å². The maximum atomic E-state index is 11.9. The molecule has 0 aliphatic rings. The molecule has 2 rings (SSSR count). The summed E-state index contributed by atoms with van der Waals surface area (Å²) in [6.07, 6.45) is 0.706. The number of hydrazine groups is 1. The first-order valence-electron chi connectivity index (χ1n) is 8.29. The van der Waals surface area contributed by atoms with Crippen molar-refractivity contribution >= 4 is 46.8 Å². The number of ether oxygens (including phenoxy) is 2. The molecule has 0 aromatic heterocycles. The van der Waals surface area contributed by atoms with Gasteiger partial charge >= 0.3 is 0 Å². The van der Waals surface area contributed by atoms with Gasteiger partial charge in [-0.05, 0) is 42.3 Å². The van der Waals surface area contributed by atoms with Crippen molar-refractivity contribution in [3.63, 3.8) is 0 Å². The Kier molecular flexibility index (Phi) is 8.76. The van der Waals surface area contributed by atoms with E-state index in [-0.39, 0.29) is 24.0 Å². The molecule has 0 aliphatic heterocycles. The molecule has 0 bridgehead atoms. The Morgan fingerprint density at radius 1 is 0.964 bits per heavy atom. The average Bonchev–Trinajstić information content (AvgIpc) is 2.70. The van der Waals surface area contributed by atoms with Crippen molar-refractivity contribution in [3.05, 3.63) is 52.0 Å². The van der Waals surface area contributed by atoms with Crippen LogP contribution in [0.15, 0.2) is 41.3 Å². The minimum atomic E-state index is -0.347. The summed E-state index contributed by atoms with van der Waals surface area (Å²) in [6, 6.07) is 10.5. The van der Waals surface area contributed by atoms with Crippen LogP contribution in [-0.2, 0) is 16.0 Å². The van der Waals surface area contributed by atoms with E-state index < -0.39 is 0 Å². The van der Waals surface area contributed by atoms with Crippen LogP contribution in [0.4, 0.5) is 0 Å². The molecule has 0 aliphatic carbocycles. The number of hydrogen-bond acceptors (Lipinski definition) is 5. The normalized spacial score (nSPS) is 10.3. The third-order valence-electron chi connectivity index (χ3n) is 3.68. The lowest BCUT2D eigenvalue weighted by Gasteiger charge is -2.10. The summed E-state index contributed by atoms with van der Waals surface area (Å²) in [5, 5.41) is 1.05. The number of amides is 2. The molecule has 0 spiro atoms. The monoisotopic (exact) mass is 442 g/mol. The number of benzene rings is 2. The van der Waals surface area contributed by atoms with Gasteiger partial charge in [0, 0.05) is 16.3 Å². The van der Waals surface area contributed by atoms with Gasteiger partial charge < -0.3 is 9.47 Å². The standard InChI is InChI=1S/C19H20Cl2N2O4S/c1-26-15-7-3-12(9-16(15)27-2)4-8-18(24)22-23-19(25)11-28-17-10-13(20)5-6-14(17)21/h3,5-7,9-10H,4,8,11H2,1-2H3,(H,22,24)(H,23,25). The topological polar surface area (TPSA) is 76.7 Å². The lowest BCUT2D eigenvalue weighted by molar-refractivity contribution is -0.127. The summed E-state index contributed by atoms with van der Waals surface area (Å²) in [5.74, 6) is 0.677. The summed E-state index contributed by atoms with van der Waals surface area (Å²) in [5.41, 5.74) is 5.70. The van der Waals surface area contributed by atoms with Crippen LogP contribution in [0.1, 0.15) is 12.0 Å². The maximum Gasteiger partial charge on any atom is 0.248 e. The summed E-state index contributed by atoms with van der Waals surface area (Å²) < 4.78 is 10.4. The van der Waals surface area contributed by atoms with Gasteiger partial charge in [-0.2, -0.15) is 0 Å². The van der Waals surface area contributed by atoms with Crippen LogP contribution in [0.25, 0.3) is 0 Å². The minimum Gasteiger partial charge on any atom is -0.493 e. The molecule has 2 amide bonds. The Labute approximate surface area is 177 Å². The molecular weight excluding hydrogens is 423 g/mol. The second kappa shape index (κ2) is 11.0. The summed E-state index contributed by atoms with van der Waals surface area (Å²) in [7, 11) is 3.12. The molecule has 0 unspecified atom stereocenters. The molecule has 2 aromatic rings. The minimum absolute atomic E-state index is 0.0933. The Morgan fingerprint density at radius 3 is 2.39 bits per heavy atom. The van der Waals surface area contributed by atoms with Gasteiger partial charge in [-0.1, -0.05) is 29.3 Å². The number of aryl methyl sites for hydroxylation is 1. The van der Waals surface area contributed by atoms with Crippen molar-refractivity contribution in [2.24, 2.45) is 0 Å². The smallest absolute Gasteiger partial charge is 0.248 e. The maximum absolute atomic E-state index is 11.9. The molecule has 0 atom stereocenters. The second-order valence-electron chi connectivity index (χ2n) is 5.65. The molecule has 0 heterocycles. The molecule has 0 fully saturated rings. The zero-order chi connectivity index (χ0) is 20.5. The van der Waals surface area contributed by atoms with Crippen LogP contribution >= 0.6 is 35.0 Å². The van der Waals surface area contributed by atoms with Crippen LogP contribution < -0.4 is 20.3 Å². The van der Waals surface area contributed by atoms with Gasteiger partial charge in [0.25, 0.3) is 0 Å². The van der Waals surface area contributed by atoms with Crippen molar-refractivity contribution in [1.82, 2.24) is 10.9 Å². The van der Waals surface area contributed by atoms with Crippen molar-refractivity contribution in [1.29, 1.82) is 0 Å². The molecule has 6 nitrogen and oxygen atoms in total. The molecular formula is C19H20Cl2N2O4S. The molecule has 2 N–H and O–H groups in total. The summed E-state index contributed by atoms with van der Waals surface area (Å²) >= 11 is 13.2. The number of thioether (sulfide) groups is 1. The quantitative estimate of drug-likeness (QED) is 0.479. The largest absolute Gasteiger partial charge is 0.493 e. The fourth-order valence-corrected chi connectivity index (χ4v) is 3.56. The number of hydrogen-bond donors (Lipinski definition) is 2. The molecule has 150 valence electrons. The van der Waals surface area contributed by atoms with E-state index in [1.165, 1.54) is 11.8 Å². The Hall–Kier alpha value is -2.09. The van der Waals surface area contributed by atoms with E-state index in [9.17, 15) is 9.59 Å². The van der Waals surface area contributed by atoms with Crippen LogP contribution in [0.3, 0.4) is 0 Å². The lowest BCUT2D eigenvalue weighted by atomic mass is 10.1. The molecule has 0 radical (unpaired) electrons. The van der Waals surface area contributed by atoms with Gasteiger partial charge in [0.2, 0.25) is 11.8 Å². The summed E-state index contributed by atoms with van der Waals surface area (Å²) in [4.78, 5) is 24.5. The number of rotatable bonds is 8. The van der Waals surface area contributed by atoms with Crippen LogP contribution in [0.5, 0.6) is 11.5 Å². The molecule has 28 heavy (non-hydrogen) atoms. The van der Waals surface area contributed by atoms with Gasteiger partial charge in [-0.3, -0.25) is 20.4 Å². The lowest BCUT2D eigenvalue weighted by Crippen LogP contribution is -2.42. The van der Waals surface area contributed by atoms with Gasteiger partial charge in [0.1, 0.15) is 0 Å². The van der Waals surface area contributed by atoms with Crippen molar-refractivity contribution < 1.29 is 19.1 Å². The van der Waals surface area contributed by atoms with E-state index in [1.807, 2.05) is 12.1 Å². The van der Waals surface area contributed by atoms with Crippen LogP contribution in [-0.4, -0.2) is 31.8 Å². The predicted molar refractivity (Wildman–Crippen MR) is 111 cm³/mol. The molecule has 0 saturated heterocycles. The third-order valence-corrected chi connectivity index (χ3v) is 5.41. The SMILES string of the molecule is COc1ccc(CCC(=O)NNC(=O)CSc2cc(Cl)ccc2Cl)cc1OC. The van der Waals surface area contributed by atoms with Gasteiger partial charge in [0.15, 0.2) is 11.5 Å². The van der Waals surface area contributed by atoms with E-state index >= 15 is 0 Å². The number of nitrogens with one attached hydrogen (secondary N) is 2. The summed E-state index contributed by atoms with van der Waals surface area (Å²) in [6.45, 7) is 0. The van der Waals surface area contributed by atoms with Gasteiger partial charge in [-0.25, -0.2) is 0 Å². The van der Waals surface area contributed by atoms with Crippen molar-refractivity contribution in [3.8, 4) is 11.5 Å². The average molecular weight is 443 g/mol. The molecule has 9 heteroatoms. The molecule has 0 saturated carbocycles. The number of halogens is 2. The van der Waals surface area contributed by atoms with Gasteiger partial charge in [0.05, 0.1) is 25.0 Å². The highest BCUT2D eigenvalue weighted by atomic mass is 35.5. The highest BCUT2D eigenvalue weighted by Gasteiger charge is 2.10. The fraction of sp³-hybridized carbons (Fsp3) is 0.263. The highest BCUT2D eigenvalue weighted by Crippen LogP contribution is 2.30. The first-order chi connectivity index (χ1) is 13.4. The van der Waals surface area contributed by atoms with Crippen molar-refractivity contribution in [2.75, 3.05) is 20.0 Å². The molecule has 2 aromatic carbocycles. The fourth-order valence-electron chi connectivity index (χ4n) is 2.26. The number of carbonyl (C=O) groups is 2. The van der Waals surface area contributed by atoms with E-state index in [0.29, 0.717) is 32.9 Å². The van der Waals surface area contributed by atoms with Crippen LogP contribution in [0, 0.1) is 0 Å². The highest BCUT2D eigenvalue weighted by molar-refractivity contribution is 8.00. The van der Waals surface area contributed by atoms with Crippen molar-refractivity contribution in [2.45, 2.75) is 17.7 Å². The van der Waals surface area contributed by atoms with Crippen LogP contribution in [0.2, 0.25) is 10.0 Å².